The van der Waals surface area contributed by atoms with Gasteiger partial charge in [-0.3, -0.25) is 4.79 Å². The number of benzene rings is 1. The van der Waals surface area contributed by atoms with E-state index >= 15 is 0 Å². The van der Waals surface area contributed by atoms with Crippen molar-refractivity contribution < 1.29 is 4.79 Å². The van der Waals surface area contributed by atoms with Crippen LogP contribution in [0.3, 0.4) is 0 Å². The molecule has 1 aliphatic carbocycles. The van der Waals surface area contributed by atoms with Crippen LogP contribution in [0.15, 0.2) is 30.5 Å². The summed E-state index contributed by atoms with van der Waals surface area (Å²) in [5.41, 5.74) is 2.53. The Hall–Kier alpha value is -1.81. The quantitative estimate of drug-likeness (QED) is 0.820. The first kappa shape index (κ1) is 14.1. The number of nitrogens with one attached hydrogen (secondary N) is 2. The van der Waals surface area contributed by atoms with Gasteiger partial charge in [0.2, 0.25) is 5.91 Å². The summed E-state index contributed by atoms with van der Waals surface area (Å²) in [5.74, 6) is 0.117. The molecule has 112 valence electrons. The Morgan fingerprint density at radius 3 is 2.95 bits per heavy atom. The van der Waals surface area contributed by atoms with Gasteiger partial charge in [0.15, 0.2) is 0 Å². The van der Waals surface area contributed by atoms with Crippen molar-refractivity contribution in [3.63, 3.8) is 0 Å². The van der Waals surface area contributed by atoms with Gasteiger partial charge in [-0.25, -0.2) is 0 Å². The molecule has 0 atom stereocenters. The predicted octanol–water partition coefficient (Wildman–Crippen LogP) is 2.42. The fourth-order valence-corrected chi connectivity index (χ4v) is 2.59. The van der Waals surface area contributed by atoms with Crippen LogP contribution in [0.25, 0.3) is 10.9 Å². The van der Waals surface area contributed by atoms with Crippen molar-refractivity contribution in [2.75, 3.05) is 6.54 Å². The smallest absolute Gasteiger partial charge is 0.221 e. The van der Waals surface area contributed by atoms with Crippen LogP contribution in [0.4, 0.5) is 0 Å². The fourth-order valence-electron chi connectivity index (χ4n) is 2.59. The van der Waals surface area contributed by atoms with Gasteiger partial charge in [-0.15, -0.1) is 0 Å². The van der Waals surface area contributed by atoms with Crippen molar-refractivity contribution in [1.82, 2.24) is 15.2 Å². The van der Waals surface area contributed by atoms with Crippen LogP contribution in [-0.2, 0) is 17.9 Å². The molecule has 2 N–H and O–H groups in total. The largest absolute Gasteiger partial charge is 0.356 e. The molecule has 1 amide bonds. The summed E-state index contributed by atoms with van der Waals surface area (Å²) in [6, 6.07) is 9.44. The van der Waals surface area contributed by atoms with E-state index in [0.29, 0.717) is 13.0 Å². The highest BCUT2D eigenvalue weighted by atomic mass is 16.1. The molecule has 0 radical (unpaired) electrons. The summed E-state index contributed by atoms with van der Waals surface area (Å²) in [7, 11) is 0. The lowest BCUT2D eigenvalue weighted by molar-refractivity contribution is -0.121. The van der Waals surface area contributed by atoms with E-state index in [9.17, 15) is 4.79 Å². The fraction of sp³-hybridized carbons (Fsp3) is 0.471. The van der Waals surface area contributed by atoms with Crippen LogP contribution in [-0.4, -0.2) is 23.1 Å². The van der Waals surface area contributed by atoms with Gasteiger partial charge in [0.1, 0.15) is 0 Å². The predicted molar refractivity (Wildman–Crippen MR) is 85.1 cm³/mol. The average molecular weight is 285 g/mol. The van der Waals surface area contributed by atoms with Crippen molar-refractivity contribution in [2.24, 2.45) is 0 Å². The molecule has 4 heteroatoms. The van der Waals surface area contributed by atoms with Crippen molar-refractivity contribution in [1.29, 1.82) is 0 Å². The van der Waals surface area contributed by atoms with E-state index in [0.717, 1.165) is 19.1 Å². The number of rotatable bonds is 7. The van der Waals surface area contributed by atoms with Crippen molar-refractivity contribution in [2.45, 2.75) is 45.3 Å². The highest BCUT2D eigenvalue weighted by Crippen LogP contribution is 2.21. The molecular formula is C17H23N3O. The third-order valence-electron chi connectivity index (χ3n) is 3.96. The molecule has 0 bridgehead atoms. The van der Waals surface area contributed by atoms with Gasteiger partial charge in [-0.05, 0) is 42.8 Å². The van der Waals surface area contributed by atoms with Crippen molar-refractivity contribution >= 4 is 16.8 Å². The molecule has 1 aromatic carbocycles. The SMILES string of the molecule is CCNC(=O)CCn1ccc2ccc(CNC3CC3)cc21. The molecule has 1 heterocycles. The van der Waals surface area contributed by atoms with E-state index in [4.69, 9.17) is 0 Å². The molecular weight excluding hydrogens is 262 g/mol. The maximum atomic E-state index is 11.6. The van der Waals surface area contributed by atoms with Crippen molar-refractivity contribution in [3.8, 4) is 0 Å². The second kappa shape index (κ2) is 6.31. The van der Waals surface area contributed by atoms with E-state index in [1.807, 2.05) is 6.92 Å². The highest BCUT2D eigenvalue weighted by molar-refractivity contribution is 5.81. The Morgan fingerprint density at radius 2 is 2.19 bits per heavy atom. The molecule has 0 spiro atoms. The zero-order chi connectivity index (χ0) is 14.7. The number of fused-ring (bicyclic) bond motifs is 1. The highest BCUT2D eigenvalue weighted by Gasteiger charge is 2.19. The third-order valence-corrected chi connectivity index (χ3v) is 3.96. The Morgan fingerprint density at radius 1 is 1.33 bits per heavy atom. The van der Waals surface area contributed by atoms with E-state index < -0.39 is 0 Å². The minimum atomic E-state index is 0.117. The first-order valence-corrected chi connectivity index (χ1v) is 7.84. The minimum absolute atomic E-state index is 0.117. The average Bonchev–Trinajstić information content (AvgIpc) is 3.23. The Balaban J connectivity index is 1.69. The summed E-state index contributed by atoms with van der Waals surface area (Å²) in [5, 5.41) is 7.62. The van der Waals surface area contributed by atoms with Crippen molar-refractivity contribution in [3.05, 3.63) is 36.0 Å². The van der Waals surface area contributed by atoms with Crippen LogP contribution in [0, 0.1) is 0 Å². The lowest BCUT2D eigenvalue weighted by Gasteiger charge is -2.08. The second-order valence-electron chi connectivity index (χ2n) is 5.76. The number of amides is 1. The van der Waals surface area contributed by atoms with Gasteiger partial charge >= 0.3 is 0 Å². The van der Waals surface area contributed by atoms with Gasteiger partial charge in [-0.1, -0.05) is 12.1 Å². The van der Waals surface area contributed by atoms with Gasteiger partial charge in [-0.2, -0.15) is 0 Å². The summed E-state index contributed by atoms with van der Waals surface area (Å²) in [6.07, 6.45) is 5.22. The van der Waals surface area contributed by atoms with Crippen LogP contribution < -0.4 is 10.6 Å². The number of carbonyl (C=O) groups is 1. The lowest BCUT2D eigenvalue weighted by atomic mass is 10.1. The number of hydrogen-bond donors (Lipinski definition) is 2. The number of nitrogens with zero attached hydrogens (tertiary/aromatic N) is 1. The molecule has 0 saturated heterocycles. The molecule has 0 aliphatic heterocycles. The van der Waals surface area contributed by atoms with Gasteiger partial charge in [0.25, 0.3) is 0 Å². The minimum Gasteiger partial charge on any atom is -0.356 e. The van der Waals surface area contributed by atoms with Gasteiger partial charge < -0.3 is 15.2 Å². The number of aromatic nitrogens is 1. The Kier molecular flexibility index (Phi) is 4.25. The summed E-state index contributed by atoms with van der Waals surface area (Å²) in [4.78, 5) is 11.6. The zero-order valence-electron chi connectivity index (χ0n) is 12.6. The number of aryl methyl sites for hydroxylation is 1. The zero-order valence-corrected chi connectivity index (χ0v) is 12.6. The van der Waals surface area contributed by atoms with Gasteiger partial charge in [0.05, 0.1) is 0 Å². The molecule has 1 aromatic heterocycles. The molecule has 1 fully saturated rings. The molecule has 0 unspecified atom stereocenters. The van der Waals surface area contributed by atoms with Crippen LogP contribution in [0.1, 0.15) is 31.7 Å². The maximum Gasteiger partial charge on any atom is 0.221 e. The summed E-state index contributed by atoms with van der Waals surface area (Å²) < 4.78 is 2.17. The number of hydrogen-bond acceptors (Lipinski definition) is 2. The van der Waals surface area contributed by atoms with E-state index in [2.05, 4.69) is 45.7 Å². The van der Waals surface area contributed by atoms with E-state index in [-0.39, 0.29) is 5.91 Å². The second-order valence-corrected chi connectivity index (χ2v) is 5.76. The topological polar surface area (TPSA) is 46.1 Å². The Bertz CT molecular complexity index is 628. The standard InChI is InChI=1S/C17H23N3O/c1-2-18-17(21)8-10-20-9-7-14-4-3-13(11-16(14)20)12-19-15-5-6-15/h3-4,7,9,11,15,19H,2,5-6,8,10,12H2,1H3,(H,18,21). The monoisotopic (exact) mass is 285 g/mol. The summed E-state index contributed by atoms with van der Waals surface area (Å²) >= 11 is 0. The molecule has 21 heavy (non-hydrogen) atoms. The molecule has 4 nitrogen and oxygen atoms in total. The first-order chi connectivity index (χ1) is 10.3. The van der Waals surface area contributed by atoms with Crippen LogP contribution in [0.2, 0.25) is 0 Å². The number of carbonyl (C=O) groups excluding carboxylic acids is 1. The molecule has 3 rings (SSSR count). The molecule has 1 aliphatic rings. The first-order valence-electron chi connectivity index (χ1n) is 7.84. The van der Waals surface area contributed by atoms with Crippen LogP contribution in [0.5, 0.6) is 0 Å². The van der Waals surface area contributed by atoms with Crippen LogP contribution >= 0.6 is 0 Å². The maximum absolute atomic E-state index is 11.6. The normalized spacial score (nSPS) is 14.5. The van der Waals surface area contributed by atoms with E-state index in [1.165, 1.54) is 29.3 Å². The van der Waals surface area contributed by atoms with E-state index in [1.54, 1.807) is 0 Å². The molecule has 1 saturated carbocycles. The summed E-state index contributed by atoms with van der Waals surface area (Å²) in [6.45, 7) is 4.31. The third kappa shape index (κ3) is 3.64. The lowest BCUT2D eigenvalue weighted by Crippen LogP contribution is -2.23. The molecule has 2 aromatic rings. The van der Waals surface area contributed by atoms with Gasteiger partial charge in [0, 0.05) is 43.8 Å². The Labute approximate surface area is 125 Å².